The van der Waals surface area contributed by atoms with Gasteiger partial charge < -0.3 is 15.8 Å². The Labute approximate surface area is 78.8 Å². The molecule has 0 aliphatic heterocycles. The van der Waals surface area contributed by atoms with Gasteiger partial charge in [-0.05, 0) is 12.8 Å². The summed E-state index contributed by atoms with van der Waals surface area (Å²) in [5, 5.41) is 2.93. The Hall–Kier alpha value is -0.610. The van der Waals surface area contributed by atoms with E-state index in [1.54, 1.807) is 0 Å². The van der Waals surface area contributed by atoms with Crippen molar-refractivity contribution in [3.05, 3.63) is 0 Å². The van der Waals surface area contributed by atoms with E-state index in [1.807, 2.05) is 0 Å². The maximum atomic E-state index is 11.2. The normalized spacial score (nSPS) is 17.6. The number of hydrogen-bond donors (Lipinski definition) is 2. The fourth-order valence-corrected chi connectivity index (χ4v) is 1.59. The first-order chi connectivity index (χ1) is 6.33. The zero-order chi connectivity index (χ0) is 9.52. The summed E-state index contributed by atoms with van der Waals surface area (Å²) in [6.07, 6.45) is 4.69. The molecule has 0 aromatic rings. The quantitative estimate of drug-likeness (QED) is 0.595. The lowest BCUT2D eigenvalue weighted by Crippen LogP contribution is -2.35. The predicted molar refractivity (Wildman–Crippen MR) is 50.3 cm³/mol. The first kappa shape index (κ1) is 10.5. The summed E-state index contributed by atoms with van der Waals surface area (Å²) >= 11 is 0. The minimum absolute atomic E-state index is 0.0136. The van der Waals surface area contributed by atoms with E-state index < -0.39 is 0 Å². The van der Waals surface area contributed by atoms with Crippen molar-refractivity contribution in [3.63, 3.8) is 0 Å². The van der Waals surface area contributed by atoms with Crippen LogP contribution in [0.15, 0.2) is 0 Å². The van der Waals surface area contributed by atoms with Gasteiger partial charge in [-0.25, -0.2) is 0 Å². The summed E-state index contributed by atoms with van der Waals surface area (Å²) in [5.41, 5.74) is 5.22. The summed E-state index contributed by atoms with van der Waals surface area (Å²) in [5.74, 6) is -0.0136. The number of nitrogens with two attached hydrogens (primary N) is 1. The number of carbonyl (C=O) groups is 1. The third-order valence-electron chi connectivity index (χ3n) is 2.22. The van der Waals surface area contributed by atoms with Crippen LogP contribution in [0, 0.1) is 0 Å². The molecule has 76 valence electrons. The fourth-order valence-electron chi connectivity index (χ4n) is 1.59. The van der Waals surface area contributed by atoms with E-state index in [1.165, 1.54) is 12.8 Å². The lowest BCUT2D eigenvalue weighted by molar-refractivity contribution is -0.126. The zero-order valence-electron chi connectivity index (χ0n) is 7.92. The fraction of sp³-hybridized carbons (Fsp3) is 0.889. The highest BCUT2D eigenvalue weighted by atomic mass is 16.5. The minimum atomic E-state index is -0.0136. The van der Waals surface area contributed by atoms with Gasteiger partial charge in [0.15, 0.2) is 0 Å². The number of ether oxygens (including phenoxy) is 1. The Morgan fingerprint density at radius 2 is 2.15 bits per heavy atom. The molecule has 1 saturated carbocycles. The highest BCUT2D eigenvalue weighted by Crippen LogP contribution is 2.17. The molecule has 1 amide bonds. The van der Waals surface area contributed by atoms with Crippen molar-refractivity contribution in [2.45, 2.75) is 31.7 Å². The Bertz CT molecular complexity index is 156. The van der Waals surface area contributed by atoms with Crippen LogP contribution in [0.4, 0.5) is 0 Å². The van der Waals surface area contributed by atoms with Crippen molar-refractivity contribution in [1.29, 1.82) is 0 Å². The lowest BCUT2D eigenvalue weighted by Gasteiger charge is -2.11. The molecule has 1 fully saturated rings. The molecule has 4 nitrogen and oxygen atoms in total. The Morgan fingerprint density at radius 3 is 2.77 bits per heavy atom. The summed E-state index contributed by atoms with van der Waals surface area (Å²) in [4.78, 5) is 11.2. The van der Waals surface area contributed by atoms with Crippen LogP contribution in [0.1, 0.15) is 25.7 Å². The molecule has 13 heavy (non-hydrogen) atoms. The highest BCUT2D eigenvalue weighted by Gasteiger charge is 2.16. The second-order valence-corrected chi connectivity index (χ2v) is 3.39. The molecular weight excluding hydrogens is 168 g/mol. The van der Waals surface area contributed by atoms with E-state index in [4.69, 9.17) is 10.5 Å². The smallest absolute Gasteiger partial charge is 0.246 e. The Kier molecular flexibility index (Phi) is 4.78. The van der Waals surface area contributed by atoms with E-state index in [9.17, 15) is 4.79 Å². The van der Waals surface area contributed by atoms with Gasteiger partial charge in [-0.1, -0.05) is 12.8 Å². The van der Waals surface area contributed by atoms with Crippen LogP contribution in [0.25, 0.3) is 0 Å². The summed E-state index contributed by atoms with van der Waals surface area (Å²) in [6.45, 7) is 1.07. The van der Waals surface area contributed by atoms with Crippen LogP contribution in [0.3, 0.4) is 0 Å². The minimum Gasteiger partial charge on any atom is -0.370 e. The van der Waals surface area contributed by atoms with Gasteiger partial charge in [0.05, 0.1) is 6.61 Å². The number of amides is 1. The zero-order valence-corrected chi connectivity index (χ0v) is 7.92. The maximum Gasteiger partial charge on any atom is 0.246 e. The molecule has 0 aromatic carbocycles. The third-order valence-corrected chi connectivity index (χ3v) is 2.22. The molecule has 1 aliphatic rings. The van der Waals surface area contributed by atoms with Gasteiger partial charge in [0.25, 0.3) is 0 Å². The van der Waals surface area contributed by atoms with Crippen molar-refractivity contribution < 1.29 is 9.53 Å². The van der Waals surface area contributed by atoms with Crippen LogP contribution < -0.4 is 11.1 Å². The van der Waals surface area contributed by atoms with E-state index in [2.05, 4.69) is 5.32 Å². The second kappa shape index (κ2) is 5.94. The molecule has 0 atom stereocenters. The number of hydrogen-bond acceptors (Lipinski definition) is 3. The van der Waals surface area contributed by atoms with Gasteiger partial charge in [-0.3, -0.25) is 4.79 Å². The number of nitrogens with one attached hydrogen (secondary N) is 1. The van der Waals surface area contributed by atoms with Crippen molar-refractivity contribution in [2.75, 3.05) is 19.8 Å². The third kappa shape index (κ3) is 4.24. The van der Waals surface area contributed by atoms with Gasteiger partial charge in [0, 0.05) is 12.6 Å². The molecule has 0 saturated heterocycles. The second-order valence-electron chi connectivity index (χ2n) is 3.39. The van der Waals surface area contributed by atoms with Crippen LogP contribution in [0.5, 0.6) is 0 Å². The van der Waals surface area contributed by atoms with Crippen molar-refractivity contribution >= 4 is 5.91 Å². The number of carbonyl (C=O) groups excluding carboxylic acids is 1. The van der Waals surface area contributed by atoms with Crippen LogP contribution >= 0.6 is 0 Å². The number of rotatable bonds is 5. The molecule has 0 heterocycles. The van der Waals surface area contributed by atoms with Crippen LogP contribution in [-0.2, 0) is 9.53 Å². The van der Waals surface area contributed by atoms with Crippen molar-refractivity contribution in [3.8, 4) is 0 Å². The molecule has 0 spiro atoms. The van der Waals surface area contributed by atoms with E-state index in [-0.39, 0.29) is 12.5 Å². The average Bonchev–Trinajstić information content (AvgIpc) is 2.57. The van der Waals surface area contributed by atoms with E-state index in [0.29, 0.717) is 19.2 Å². The molecule has 1 rings (SSSR count). The average molecular weight is 186 g/mol. The van der Waals surface area contributed by atoms with E-state index >= 15 is 0 Å². The SMILES string of the molecule is NCCOCC(=O)NC1CCCC1. The predicted octanol–water partition coefficient (Wildman–Crippen LogP) is 0.0205. The molecule has 0 radical (unpaired) electrons. The standard InChI is InChI=1S/C9H18N2O2/c10-5-6-13-7-9(12)11-8-3-1-2-4-8/h8H,1-7,10H2,(H,11,12). The molecule has 0 unspecified atom stereocenters. The highest BCUT2D eigenvalue weighted by molar-refractivity contribution is 5.77. The lowest BCUT2D eigenvalue weighted by atomic mass is 10.2. The van der Waals surface area contributed by atoms with Gasteiger partial charge in [-0.2, -0.15) is 0 Å². The molecule has 1 aliphatic carbocycles. The topological polar surface area (TPSA) is 64.3 Å². The summed E-state index contributed by atoms with van der Waals surface area (Å²) in [6, 6.07) is 0.383. The summed E-state index contributed by atoms with van der Waals surface area (Å²) in [7, 11) is 0. The van der Waals surface area contributed by atoms with Crippen LogP contribution in [-0.4, -0.2) is 31.7 Å². The molecule has 0 aromatic heterocycles. The van der Waals surface area contributed by atoms with Gasteiger partial charge >= 0.3 is 0 Å². The van der Waals surface area contributed by atoms with Gasteiger partial charge in [0.1, 0.15) is 6.61 Å². The van der Waals surface area contributed by atoms with Crippen molar-refractivity contribution in [1.82, 2.24) is 5.32 Å². The maximum absolute atomic E-state index is 11.2. The molecular formula is C9H18N2O2. The molecule has 0 bridgehead atoms. The Morgan fingerprint density at radius 1 is 1.46 bits per heavy atom. The molecule has 4 heteroatoms. The van der Waals surface area contributed by atoms with E-state index in [0.717, 1.165) is 12.8 Å². The molecule has 3 N–H and O–H groups in total. The first-order valence-electron chi connectivity index (χ1n) is 4.90. The largest absolute Gasteiger partial charge is 0.370 e. The van der Waals surface area contributed by atoms with Crippen LogP contribution in [0.2, 0.25) is 0 Å². The summed E-state index contributed by atoms with van der Waals surface area (Å²) < 4.78 is 5.02. The first-order valence-corrected chi connectivity index (χ1v) is 4.90. The monoisotopic (exact) mass is 186 g/mol. The van der Waals surface area contributed by atoms with Gasteiger partial charge in [0.2, 0.25) is 5.91 Å². The van der Waals surface area contributed by atoms with Gasteiger partial charge in [-0.15, -0.1) is 0 Å². The van der Waals surface area contributed by atoms with Crippen molar-refractivity contribution in [2.24, 2.45) is 5.73 Å². The Balaban J connectivity index is 2.02.